The number of benzene rings is 1. The van der Waals surface area contributed by atoms with Gasteiger partial charge in [0.05, 0.1) is 0 Å². The van der Waals surface area contributed by atoms with Crippen molar-refractivity contribution < 1.29 is 4.92 Å². The van der Waals surface area contributed by atoms with Crippen LogP contribution in [0.4, 0.5) is 5.69 Å². The van der Waals surface area contributed by atoms with Crippen molar-refractivity contribution in [1.29, 1.82) is 0 Å². The predicted molar refractivity (Wildman–Crippen MR) is 79.1 cm³/mol. The Morgan fingerprint density at radius 3 is 2.50 bits per heavy atom. The molecule has 20 heavy (non-hydrogen) atoms. The molecule has 0 N–H and O–H groups in total. The molecule has 0 saturated heterocycles. The first-order valence-electron chi connectivity index (χ1n) is 6.94. The summed E-state index contributed by atoms with van der Waals surface area (Å²) in [5, 5.41) is 10.7. The Morgan fingerprint density at radius 1 is 1.15 bits per heavy atom. The molecule has 0 atom stereocenters. The predicted octanol–water partition coefficient (Wildman–Crippen LogP) is 3.76. The summed E-state index contributed by atoms with van der Waals surface area (Å²) in [7, 11) is 0. The molecule has 104 valence electrons. The summed E-state index contributed by atoms with van der Waals surface area (Å²) in [6.45, 7) is 0. The first kappa shape index (κ1) is 13.5. The van der Waals surface area contributed by atoms with Crippen molar-refractivity contribution >= 4 is 20.2 Å². The molecule has 0 bridgehead atoms. The first-order chi connectivity index (χ1) is 9.74. The average Bonchev–Trinajstić information content (AvgIpc) is 2.98. The van der Waals surface area contributed by atoms with Gasteiger partial charge in [-0.3, -0.25) is 0 Å². The summed E-state index contributed by atoms with van der Waals surface area (Å²) in [6.07, 6.45) is 6.57. The topological polar surface area (TPSA) is 56.0 Å². The van der Waals surface area contributed by atoms with Crippen LogP contribution in [-0.4, -0.2) is 24.4 Å². The van der Waals surface area contributed by atoms with Crippen LogP contribution < -0.4 is 0 Å². The molecule has 5 heteroatoms. The Balaban J connectivity index is 1.80. The monoisotopic (exact) mass is 336 g/mol. The molecule has 1 fully saturated rings. The fourth-order valence-electron chi connectivity index (χ4n) is 2.71. The molecule has 0 spiro atoms. The van der Waals surface area contributed by atoms with Gasteiger partial charge in [0.15, 0.2) is 0 Å². The van der Waals surface area contributed by atoms with E-state index in [1.807, 2.05) is 0 Å². The van der Waals surface area contributed by atoms with Gasteiger partial charge in [0.1, 0.15) is 0 Å². The SMILES string of the molecule is O=[N+]([O-])c1ccc(-c2c[se]c(C3CCCCC3)n2)cc1. The Hall–Kier alpha value is -1.45. The third-order valence-electron chi connectivity index (χ3n) is 3.85. The summed E-state index contributed by atoms with van der Waals surface area (Å²) < 4.78 is 1.37. The maximum absolute atomic E-state index is 10.7. The minimum absolute atomic E-state index is 0.134. The second kappa shape index (κ2) is 5.90. The Morgan fingerprint density at radius 2 is 1.85 bits per heavy atom. The maximum atomic E-state index is 10.7. The fraction of sp³-hybridized carbons (Fsp3) is 0.400. The molecule has 4 nitrogen and oxygen atoms in total. The number of nitro benzene ring substituents is 1. The summed E-state index contributed by atoms with van der Waals surface area (Å²) in [4.78, 5) is 17.3. The van der Waals surface area contributed by atoms with Gasteiger partial charge in [0, 0.05) is 0 Å². The van der Waals surface area contributed by atoms with E-state index in [1.165, 1.54) is 36.7 Å². The molecule has 1 aromatic carbocycles. The zero-order valence-corrected chi connectivity index (χ0v) is 12.8. The summed E-state index contributed by atoms with van der Waals surface area (Å²) in [5.74, 6) is 0.676. The van der Waals surface area contributed by atoms with E-state index in [1.54, 1.807) is 24.3 Å². The van der Waals surface area contributed by atoms with Crippen LogP contribution in [0.3, 0.4) is 0 Å². The molecule has 0 aliphatic heterocycles. The molecule has 0 radical (unpaired) electrons. The van der Waals surface area contributed by atoms with E-state index in [-0.39, 0.29) is 10.6 Å². The minimum atomic E-state index is -0.368. The zero-order chi connectivity index (χ0) is 13.9. The van der Waals surface area contributed by atoms with Crippen molar-refractivity contribution in [3.63, 3.8) is 0 Å². The normalized spacial score (nSPS) is 16.2. The number of non-ortho nitro benzene ring substituents is 1. The van der Waals surface area contributed by atoms with Crippen LogP contribution in [0.1, 0.15) is 42.6 Å². The van der Waals surface area contributed by atoms with Crippen LogP contribution in [0, 0.1) is 10.1 Å². The molecule has 1 aliphatic rings. The molecule has 3 rings (SSSR count). The standard InChI is InChI=1S/C15H16N2O2Se/c18-17(19)13-8-6-11(7-9-13)14-10-20-15(16-14)12-4-2-1-3-5-12/h6-10,12H,1-5H2. The number of rotatable bonds is 3. The molecule has 0 unspecified atom stereocenters. The van der Waals surface area contributed by atoms with E-state index < -0.39 is 0 Å². The first-order valence-corrected chi connectivity index (χ1v) is 8.79. The number of nitrogens with zero attached hydrogens (tertiary/aromatic N) is 2. The molecule has 1 aliphatic carbocycles. The molecule has 0 amide bonds. The van der Waals surface area contributed by atoms with E-state index >= 15 is 0 Å². The van der Waals surface area contributed by atoms with Gasteiger partial charge >= 0.3 is 123 Å². The van der Waals surface area contributed by atoms with Crippen LogP contribution in [0.5, 0.6) is 0 Å². The number of hydrogen-bond acceptors (Lipinski definition) is 3. The van der Waals surface area contributed by atoms with Gasteiger partial charge in [-0.15, -0.1) is 0 Å². The Bertz CT molecular complexity index is 601. The van der Waals surface area contributed by atoms with Gasteiger partial charge in [-0.05, 0) is 0 Å². The van der Waals surface area contributed by atoms with E-state index in [2.05, 4.69) is 4.94 Å². The van der Waals surface area contributed by atoms with Crippen LogP contribution in [-0.2, 0) is 0 Å². The Labute approximate surface area is 123 Å². The van der Waals surface area contributed by atoms with Crippen LogP contribution in [0.2, 0.25) is 0 Å². The third-order valence-corrected chi connectivity index (χ3v) is 5.96. The molecule has 1 aromatic heterocycles. The van der Waals surface area contributed by atoms with Crippen molar-refractivity contribution in [2.75, 3.05) is 0 Å². The molecule has 2 aromatic rings. The van der Waals surface area contributed by atoms with Crippen LogP contribution in [0.25, 0.3) is 11.3 Å². The van der Waals surface area contributed by atoms with Gasteiger partial charge in [0.25, 0.3) is 0 Å². The fourth-order valence-corrected chi connectivity index (χ4v) is 4.81. The van der Waals surface area contributed by atoms with Crippen molar-refractivity contribution in [3.05, 3.63) is 43.9 Å². The molecular weight excluding hydrogens is 319 g/mol. The van der Waals surface area contributed by atoms with Gasteiger partial charge in [0.2, 0.25) is 0 Å². The van der Waals surface area contributed by atoms with Gasteiger partial charge in [-0.2, -0.15) is 0 Å². The van der Waals surface area contributed by atoms with E-state index in [9.17, 15) is 10.1 Å². The average molecular weight is 335 g/mol. The van der Waals surface area contributed by atoms with Crippen molar-refractivity contribution in [1.82, 2.24) is 4.98 Å². The third kappa shape index (κ3) is 2.84. The van der Waals surface area contributed by atoms with Gasteiger partial charge in [-0.1, -0.05) is 0 Å². The van der Waals surface area contributed by atoms with Crippen molar-refractivity contribution in [3.8, 4) is 11.3 Å². The summed E-state index contributed by atoms with van der Waals surface area (Å²) in [6, 6.07) is 6.70. The number of hydrogen-bond donors (Lipinski definition) is 0. The number of aromatic nitrogens is 1. The summed E-state index contributed by atoms with van der Waals surface area (Å²) in [5.41, 5.74) is 2.12. The van der Waals surface area contributed by atoms with Crippen molar-refractivity contribution in [2.24, 2.45) is 0 Å². The number of nitro groups is 1. The zero-order valence-electron chi connectivity index (χ0n) is 11.1. The van der Waals surface area contributed by atoms with Crippen LogP contribution >= 0.6 is 0 Å². The molecule has 1 saturated carbocycles. The quantitative estimate of drug-likeness (QED) is 0.487. The Kier molecular flexibility index (Phi) is 3.99. The van der Waals surface area contributed by atoms with Gasteiger partial charge < -0.3 is 0 Å². The van der Waals surface area contributed by atoms with Crippen LogP contribution in [0.15, 0.2) is 29.2 Å². The second-order valence-corrected chi connectivity index (χ2v) is 7.08. The summed E-state index contributed by atoms with van der Waals surface area (Å²) >= 11 is 0.360. The molecular formula is C15H16N2O2Se. The van der Waals surface area contributed by atoms with E-state index in [4.69, 9.17) is 4.98 Å². The van der Waals surface area contributed by atoms with Crippen molar-refractivity contribution in [2.45, 2.75) is 38.0 Å². The van der Waals surface area contributed by atoms with Gasteiger partial charge in [-0.25, -0.2) is 0 Å². The van der Waals surface area contributed by atoms with E-state index in [0.29, 0.717) is 20.4 Å². The molecule has 1 heterocycles. The van der Waals surface area contributed by atoms with E-state index in [0.717, 1.165) is 11.3 Å². The second-order valence-electron chi connectivity index (χ2n) is 5.21.